The summed E-state index contributed by atoms with van der Waals surface area (Å²) in [7, 11) is 1.66. The van der Waals surface area contributed by atoms with Crippen LogP contribution in [0.25, 0.3) is 21.5 Å². The molecule has 2 heterocycles. The third kappa shape index (κ3) is 2.55. The molecule has 0 saturated carbocycles. The number of aliphatic hydroxyl groups excluding tert-OH is 2. The number of fused-ring (bicyclic) bond motifs is 7. The fourth-order valence-electron chi connectivity index (χ4n) is 5.10. The van der Waals surface area contributed by atoms with Crippen molar-refractivity contribution in [2.24, 2.45) is 0 Å². The van der Waals surface area contributed by atoms with Crippen LogP contribution >= 0.6 is 0 Å². The van der Waals surface area contributed by atoms with Gasteiger partial charge in [0.05, 0.1) is 20.3 Å². The van der Waals surface area contributed by atoms with E-state index in [0.29, 0.717) is 6.04 Å². The lowest BCUT2D eigenvalue weighted by Crippen LogP contribution is -2.35. The van der Waals surface area contributed by atoms with Crippen molar-refractivity contribution >= 4 is 21.5 Å². The molecule has 2 aliphatic rings. The van der Waals surface area contributed by atoms with Crippen LogP contribution < -0.4 is 4.74 Å². The van der Waals surface area contributed by atoms with Crippen molar-refractivity contribution in [3.63, 3.8) is 0 Å². The molecule has 0 aromatic heterocycles. The SMILES string of the molecule is COc1cc2c3c(c4ccc(CO)cc4c2cc1CO)C[C@@H]1CCCN1C3. The number of rotatable bonds is 3. The van der Waals surface area contributed by atoms with Gasteiger partial charge in [0.25, 0.3) is 0 Å². The van der Waals surface area contributed by atoms with Crippen molar-refractivity contribution in [3.05, 3.63) is 52.6 Å². The number of hydrogen-bond donors (Lipinski definition) is 2. The maximum absolute atomic E-state index is 9.82. The van der Waals surface area contributed by atoms with E-state index in [-0.39, 0.29) is 13.2 Å². The standard InChI is InChI=1S/C23H25NO3/c1-27-23-10-21-19(8-15(23)13-26)18-7-14(12-25)4-5-17(18)20-9-16-3-2-6-24(16)11-22(20)21/h4-5,7-8,10,16,25-26H,2-3,6,9,11-13H2,1H3/t16-/m0/s1. The number of nitrogens with zero attached hydrogens (tertiary/aromatic N) is 1. The Morgan fingerprint density at radius 1 is 1.00 bits per heavy atom. The van der Waals surface area contributed by atoms with Crippen LogP contribution in [-0.4, -0.2) is 34.8 Å². The van der Waals surface area contributed by atoms with E-state index >= 15 is 0 Å². The van der Waals surface area contributed by atoms with E-state index in [2.05, 4.69) is 29.2 Å². The summed E-state index contributed by atoms with van der Waals surface area (Å²) in [5, 5.41) is 24.3. The topological polar surface area (TPSA) is 52.9 Å². The molecule has 3 aromatic carbocycles. The lowest BCUT2D eigenvalue weighted by Gasteiger charge is -2.33. The number of ether oxygens (including phenoxy) is 1. The molecule has 2 N–H and O–H groups in total. The minimum atomic E-state index is -0.0500. The number of methoxy groups -OCH3 is 1. The summed E-state index contributed by atoms with van der Waals surface area (Å²) in [5.74, 6) is 0.744. The molecule has 27 heavy (non-hydrogen) atoms. The van der Waals surface area contributed by atoms with Gasteiger partial charge in [-0.3, -0.25) is 4.90 Å². The largest absolute Gasteiger partial charge is 0.496 e. The molecule has 0 spiro atoms. The first kappa shape index (κ1) is 17.0. The summed E-state index contributed by atoms with van der Waals surface area (Å²) in [6.07, 6.45) is 3.64. The van der Waals surface area contributed by atoms with Crippen molar-refractivity contribution in [1.29, 1.82) is 0 Å². The van der Waals surface area contributed by atoms with Crippen LogP contribution in [-0.2, 0) is 26.2 Å². The third-order valence-corrected chi connectivity index (χ3v) is 6.46. The molecule has 0 aliphatic carbocycles. The Kier molecular flexibility index (Phi) is 4.08. The highest BCUT2D eigenvalue weighted by Gasteiger charge is 2.32. The second-order valence-corrected chi connectivity index (χ2v) is 7.83. The Balaban J connectivity index is 1.88. The molecule has 4 heteroatoms. The molecule has 0 unspecified atom stereocenters. The fourth-order valence-corrected chi connectivity index (χ4v) is 5.10. The van der Waals surface area contributed by atoms with E-state index in [4.69, 9.17) is 4.74 Å². The molecule has 1 fully saturated rings. The zero-order valence-corrected chi connectivity index (χ0v) is 15.7. The highest BCUT2D eigenvalue weighted by atomic mass is 16.5. The maximum Gasteiger partial charge on any atom is 0.125 e. The lowest BCUT2D eigenvalue weighted by molar-refractivity contribution is 0.229. The lowest BCUT2D eigenvalue weighted by atomic mass is 9.84. The normalized spacial score (nSPS) is 19.4. The van der Waals surface area contributed by atoms with Gasteiger partial charge in [-0.2, -0.15) is 0 Å². The van der Waals surface area contributed by atoms with Gasteiger partial charge in [0.15, 0.2) is 0 Å². The summed E-state index contributed by atoms with van der Waals surface area (Å²) in [4.78, 5) is 2.61. The van der Waals surface area contributed by atoms with Crippen LogP contribution in [0.5, 0.6) is 5.75 Å². The maximum atomic E-state index is 9.82. The van der Waals surface area contributed by atoms with Crippen LogP contribution in [0.15, 0.2) is 30.3 Å². The van der Waals surface area contributed by atoms with E-state index in [0.717, 1.165) is 35.2 Å². The van der Waals surface area contributed by atoms with Crippen molar-refractivity contribution in [2.45, 2.75) is 45.1 Å². The average molecular weight is 363 g/mol. The molecule has 0 radical (unpaired) electrons. The molecule has 0 bridgehead atoms. The van der Waals surface area contributed by atoms with Gasteiger partial charge < -0.3 is 14.9 Å². The van der Waals surface area contributed by atoms with Crippen LogP contribution in [0.1, 0.15) is 35.1 Å². The quantitative estimate of drug-likeness (QED) is 0.699. The molecule has 5 rings (SSSR count). The van der Waals surface area contributed by atoms with E-state index < -0.39 is 0 Å². The zero-order valence-electron chi connectivity index (χ0n) is 15.7. The van der Waals surface area contributed by atoms with E-state index in [1.165, 1.54) is 46.7 Å². The van der Waals surface area contributed by atoms with Gasteiger partial charge in [-0.05, 0) is 82.2 Å². The Morgan fingerprint density at radius 2 is 1.85 bits per heavy atom. The number of aliphatic hydroxyl groups is 2. The van der Waals surface area contributed by atoms with E-state index in [9.17, 15) is 10.2 Å². The van der Waals surface area contributed by atoms with Gasteiger partial charge in [-0.1, -0.05) is 12.1 Å². The summed E-state index contributed by atoms with van der Waals surface area (Å²) >= 11 is 0. The molecule has 2 aliphatic heterocycles. The molecule has 140 valence electrons. The van der Waals surface area contributed by atoms with Gasteiger partial charge >= 0.3 is 0 Å². The minimum absolute atomic E-state index is 0.0356. The fraction of sp³-hybridized carbons (Fsp3) is 0.391. The smallest absolute Gasteiger partial charge is 0.125 e. The van der Waals surface area contributed by atoms with Gasteiger partial charge in [0, 0.05) is 18.2 Å². The first-order chi connectivity index (χ1) is 13.2. The van der Waals surface area contributed by atoms with Gasteiger partial charge in [0.2, 0.25) is 0 Å². The zero-order chi connectivity index (χ0) is 18.5. The van der Waals surface area contributed by atoms with Gasteiger partial charge in [-0.25, -0.2) is 0 Å². The third-order valence-electron chi connectivity index (χ3n) is 6.46. The Hall–Kier alpha value is -2.14. The second-order valence-electron chi connectivity index (χ2n) is 7.83. The Bertz CT molecular complexity index is 1040. The summed E-state index contributed by atoms with van der Waals surface area (Å²) in [5.41, 5.74) is 4.57. The van der Waals surface area contributed by atoms with Crippen molar-refractivity contribution in [1.82, 2.24) is 4.90 Å². The van der Waals surface area contributed by atoms with Gasteiger partial charge in [-0.15, -0.1) is 0 Å². The highest BCUT2D eigenvalue weighted by Crippen LogP contribution is 2.42. The molecule has 1 saturated heterocycles. The first-order valence-electron chi connectivity index (χ1n) is 9.76. The summed E-state index contributed by atoms with van der Waals surface area (Å²) in [6.45, 7) is 2.15. The second kappa shape index (κ2) is 6.48. The molecule has 4 nitrogen and oxygen atoms in total. The predicted octanol–water partition coefficient (Wildman–Crippen LogP) is 3.51. The molecule has 3 aromatic rings. The highest BCUT2D eigenvalue weighted by molar-refractivity contribution is 6.11. The Morgan fingerprint density at radius 3 is 2.63 bits per heavy atom. The van der Waals surface area contributed by atoms with Gasteiger partial charge in [0.1, 0.15) is 5.75 Å². The van der Waals surface area contributed by atoms with E-state index in [1.807, 2.05) is 6.07 Å². The predicted molar refractivity (Wildman–Crippen MR) is 107 cm³/mol. The monoisotopic (exact) mass is 363 g/mol. The number of hydrogen-bond acceptors (Lipinski definition) is 4. The van der Waals surface area contributed by atoms with Crippen LogP contribution in [0.2, 0.25) is 0 Å². The molecular formula is C23H25NO3. The van der Waals surface area contributed by atoms with Crippen molar-refractivity contribution < 1.29 is 14.9 Å². The van der Waals surface area contributed by atoms with Crippen molar-refractivity contribution in [3.8, 4) is 5.75 Å². The van der Waals surface area contributed by atoms with Crippen molar-refractivity contribution in [2.75, 3.05) is 13.7 Å². The average Bonchev–Trinajstić information content (AvgIpc) is 3.18. The number of benzene rings is 3. The summed E-state index contributed by atoms with van der Waals surface area (Å²) in [6, 6.07) is 11.1. The van der Waals surface area contributed by atoms with Crippen LogP contribution in [0, 0.1) is 0 Å². The first-order valence-corrected chi connectivity index (χ1v) is 9.76. The van der Waals surface area contributed by atoms with E-state index in [1.54, 1.807) is 7.11 Å². The molecular weight excluding hydrogens is 338 g/mol. The van der Waals surface area contributed by atoms with Crippen LogP contribution in [0.3, 0.4) is 0 Å². The summed E-state index contributed by atoms with van der Waals surface area (Å²) < 4.78 is 5.57. The molecule has 1 atom stereocenters. The van der Waals surface area contributed by atoms with Crippen LogP contribution in [0.4, 0.5) is 0 Å². The Labute approximate surface area is 159 Å². The molecule has 0 amide bonds. The minimum Gasteiger partial charge on any atom is -0.496 e.